The van der Waals surface area contributed by atoms with Gasteiger partial charge in [0.1, 0.15) is 0 Å². The first-order chi connectivity index (χ1) is 13.1. The van der Waals surface area contributed by atoms with E-state index in [9.17, 15) is 0 Å². The summed E-state index contributed by atoms with van der Waals surface area (Å²) in [6.45, 7) is 10.4. The van der Waals surface area contributed by atoms with Crippen LogP contribution in [0, 0.1) is 23.2 Å². The van der Waals surface area contributed by atoms with Gasteiger partial charge < -0.3 is 29.2 Å². The maximum absolute atomic E-state index is 6.75. The van der Waals surface area contributed by atoms with E-state index in [0.717, 1.165) is 30.8 Å². The second-order valence-corrected chi connectivity index (χ2v) is 13.6. The predicted molar refractivity (Wildman–Crippen MR) is 120 cm³/mol. The van der Waals surface area contributed by atoms with E-state index in [1.807, 2.05) is 0 Å². The van der Waals surface area contributed by atoms with E-state index in [-0.39, 0.29) is 51.0 Å². The molecule has 1 nitrogen and oxygen atoms in total. The molecule has 3 aliphatic carbocycles. The van der Waals surface area contributed by atoms with Crippen LogP contribution in [0.2, 0.25) is 18.1 Å². The number of rotatable bonds is 10. The van der Waals surface area contributed by atoms with Gasteiger partial charge in [-0.05, 0) is 73.4 Å². The van der Waals surface area contributed by atoms with Crippen molar-refractivity contribution in [2.24, 2.45) is 23.2 Å². The molecule has 0 aromatic rings. The first-order valence-electron chi connectivity index (χ1n) is 11.5. The molecular formula is C25H40Cl2OSiZr. The zero-order chi connectivity index (χ0) is 19.3. The molecule has 3 aliphatic rings. The van der Waals surface area contributed by atoms with E-state index in [0.29, 0.717) is 5.41 Å². The number of fused-ring (bicyclic) bond motifs is 1. The standard InChI is InChI=1S/C25H40OSi.2ClH.Zr/c1-5-25(22-14-10-11-15-22,19-20-26-27(6-2,7-3)8-4)24-18-17-21-13-9-12-16-23(21)24;;;/h9-14,16,21,23-24H,5-8,15,17-20H2,1-4H3;2*1H;/q;;;+2/p-2. The van der Waals surface area contributed by atoms with Crippen molar-refractivity contribution in [2.45, 2.75) is 77.9 Å². The van der Waals surface area contributed by atoms with Crippen LogP contribution in [0.3, 0.4) is 0 Å². The molecule has 0 radical (unpaired) electrons. The van der Waals surface area contributed by atoms with E-state index in [1.165, 1.54) is 43.8 Å². The molecule has 4 atom stereocenters. The maximum atomic E-state index is 6.75. The molecule has 30 heavy (non-hydrogen) atoms. The molecule has 0 heterocycles. The summed E-state index contributed by atoms with van der Waals surface area (Å²) in [6, 6.07) is 3.76. The van der Waals surface area contributed by atoms with Crippen LogP contribution in [-0.2, 0) is 30.6 Å². The van der Waals surface area contributed by atoms with Gasteiger partial charge in [-0.15, -0.1) is 0 Å². The van der Waals surface area contributed by atoms with Crippen molar-refractivity contribution in [3.8, 4) is 0 Å². The summed E-state index contributed by atoms with van der Waals surface area (Å²) >= 11 is 0. The van der Waals surface area contributed by atoms with Crippen LogP contribution in [0.15, 0.2) is 48.1 Å². The average molecular weight is 547 g/mol. The van der Waals surface area contributed by atoms with Gasteiger partial charge in [-0.3, -0.25) is 0 Å². The van der Waals surface area contributed by atoms with Crippen molar-refractivity contribution in [1.29, 1.82) is 0 Å². The second kappa shape index (κ2) is 14.0. The Morgan fingerprint density at radius 3 is 2.20 bits per heavy atom. The van der Waals surface area contributed by atoms with Gasteiger partial charge in [0.05, 0.1) is 0 Å². The summed E-state index contributed by atoms with van der Waals surface area (Å²) in [5.41, 5.74) is 1.99. The molecule has 4 unspecified atom stereocenters. The number of hydrogen-bond acceptors (Lipinski definition) is 1. The molecule has 0 bridgehead atoms. The van der Waals surface area contributed by atoms with Crippen LogP contribution in [0.1, 0.15) is 59.8 Å². The number of halogens is 2. The van der Waals surface area contributed by atoms with E-state index < -0.39 is 8.32 Å². The van der Waals surface area contributed by atoms with Gasteiger partial charge in [0.25, 0.3) is 0 Å². The molecule has 3 rings (SSSR count). The molecule has 0 N–H and O–H groups in total. The Balaban J connectivity index is 0.00000280. The van der Waals surface area contributed by atoms with Crippen molar-refractivity contribution in [1.82, 2.24) is 0 Å². The van der Waals surface area contributed by atoms with E-state index >= 15 is 0 Å². The van der Waals surface area contributed by atoms with Crippen LogP contribution in [0.4, 0.5) is 0 Å². The van der Waals surface area contributed by atoms with Crippen molar-refractivity contribution in [2.75, 3.05) is 6.61 Å². The molecule has 0 saturated heterocycles. The zero-order valence-corrected chi connectivity index (χ0v) is 24.3. The van der Waals surface area contributed by atoms with Gasteiger partial charge in [-0.25, -0.2) is 0 Å². The van der Waals surface area contributed by atoms with Gasteiger partial charge in [-0.1, -0.05) is 75.8 Å². The normalized spacial score (nSPS) is 26.1. The molecule has 1 fully saturated rings. The Hall–Kier alpha value is 0.600. The summed E-state index contributed by atoms with van der Waals surface area (Å²) in [7, 11) is -1.50. The van der Waals surface area contributed by atoms with Crippen LogP contribution in [-0.4, -0.2) is 14.9 Å². The second-order valence-electron chi connectivity index (χ2n) is 8.87. The zero-order valence-electron chi connectivity index (χ0n) is 19.3. The summed E-state index contributed by atoms with van der Waals surface area (Å²) in [6.07, 6.45) is 22.9. The fourth-order valence-electron chi connectivity index (χ4n) is 6.17. The minimum atomic E-state index is -1.50. The van der Waals surface area contributed by atoms with Crippen LogP contribution < -0.4 is 24.8 Å². The SMILES string of the molecule is CCC(CCO[Si](CC)(CC)CC)(C1=CC=CC1)C1CCC2C=CC=CC21.[Cl-].[Cl-].[Zr+2]. The third-order valence-electron chi connectivity index (χ3n) is 8.21. The van der Waals surface area contributed by atoms with Gasteiger partial charge in [0, 0.05) is 6.61 Å². The largest absolute Gasteiger partial charge is 2.00 e. The van der Waals surface area contributed by atoms with E-state index in [4.69, 9.17) is 4.43 Å². The Kier molecular flexibility index (Phi) is 14.3. The minimum absolute atomic E-state index is 0. The van der Waals surface area contributed by atoms with Crippen molar-refractivity contribution in [3.05, 3.63) is 48.1 Å². The van der Waals surface area contributed by atoms with Crippen LogP contribution in [0.5, 0.6) is 0 Å². The van der Waals surface area contributed by atoms with Crippen molar-refractivity contribution < 1.29 is 55.4 Å². The Morgan fingerprint density at radius 2 is 1.63 bits per heavy atom. The molecule has 0 amide bonds. The third-order valence-corrected chi connectivity index (χ3v) is 12.9. The molecule has 1 saturated carbocycles. The first kappa shape index (κ1) is 30.6. The van der Waals surface area contributed by atoms with Gasteiger partial charge in [-0.2, -0.15) is 0 Å². The third kappa shape index (κ3) is 6.13. The predicted octanol–water partition coefficient (Wildman–Crippen LogP) is 1.45. The summed E-state index contributed by atoms with van der Waals surface area (Å²) < 4.78 is 6.75. The first-order valence-corrected chi connectivity index (χ1v) is 14.0. The maximum Gasteiger partial charge on any atom is 2.00 e. The summed E-state index contributed by atoms with van der Waals surface area (Å²) in [5, 5.41) is 0. The average Bonchev–Trinajstić information content (AvgIpc) is 3.40. The molecule has 0 aliphatic heterocycles. The number of allylic oxidation sites excluding steroid dienone is 8. The topological polar surface area (TPSA) is 9.23 Å². The smallest absolute Gasteiger partial charge is 1.00 e. The van der Waals surface area contributed by atoms with Gasteiger partial charge in [0.2, 0.25) is 0 Å². The fourth-order valence-corrected chi connectivity index (χ4v) is 8.82. The Morgan fingerprint density at radius 1 is 0.967 bits per heavy atom. The van der Waals surface area contributed by atoms with Gasteiger partial charge in [0.15, 0.2) is 8.32 Å². The minimum Gasteiger partial charge on any atom is -1.00 e. The quantitative estimate of drug-likeness (QED) is 0.377. The van der Waals surface area contributed by atoms with E-state index in [2.05, 4.69) is 70.2 Å². The summed E-state index contributed by atoms with van der Waals surface area (Å²) in [4.78, 5) is 0. The van der Waals surface area contributed by atoms with Gasteiger partial charge >= 0.3 is 26.2 Å². The van der Waals surface area contributed by atoms with Crippen LogP contribution >= 0.6 is 0 Å². The van der Waals surface area contributed by atoms with E-state index in [1.54, 1.807) is 5.57 Å². The molecular weight excluding hydrogens is 506 g/mol. The molecule has 0 aromatic carbocycles. The number of hydrogen-bond donors (Lipinski definition) is 0. The fraction of sp³-hybridized carbons (Fsp3) is 0.680. The van der Waals surface area contributed by atoms with Crippen molar-refractivity contribution in [3.63, 3.8) is 0 Å². The van der Waals surface area contributed by atoms with Crippen molar-refractivity contribution >= 4 is 8.32 Å². The molecule has 168 valence electrons. The monoisotopic (exact) mass is 544 g/mol. The summed E-state index contributed by atoms with van der Waals surface area (Å²) in [5.74, 6) is 2.25. The molecule has 0 spiro atoms. The Bertz CT molecular complexity index is 618. The van der Waals surface area contributed by atoms with Crippen LogP contribution in [0.25, 0.3) is 0 Å². The Labute approximate surface area is 218 Å². The molecule has 0 aromatic heterocycles. The molecule has 5 heteroatoms.